The molecule has 4 rings (SSSR count). The maximum Gasteiger partial charge on any atom is 0.416 e. The van der Waals surface area contributed by atoms with Crippen molar-refractivity contribution in [1.29, 1.82) is 0 Å². The van der Waals surface area contributed by atoms with Gasteiger partial charge in [-0.25, -0.2) is 0 Å². The van der Waals surface area contributed by atoms with E-state index in [0.717, 1.165) is 16.8 Å². The molecule has 39 heavy (non-hydrogen) atoms. The zero-order valence-corrected chi connectivity index (χ0v) is 23.2. The first-order chi connectivity index (χ1) is 18.2. The van der Waals surface area contributed by atoms with Gasteiger partial charge in [0.15, 0.2) is 0 Å². The number of carbonyl (C=O) groups excluding carboxylic acids is 3. The Morgan fingerprint density at radius 3 is 2.44 bits per heavy atom. The lowest BCUT2D eigenvalue weighted by molar-refractivity contribution is -0.142. The number of carbonyl (C=O) groups is 3. The fourth-order valence-corrected chi connectivity index (χ4v) is 5.70. The Kier molecular flexibility index (Phi) is 8.01. The molecule has 3 aromatic rings. The van der Waals surface area contributed by atoms with Crippen LogP contribution in [0.3, 0.4) is 0 Å². The maximum atomic E-state index is 13.6. The Balaban J connectivity index is 1.68. The molecular formula is C27H26Cl2F3N3O4. The molecule has 2 atom stereocenters. The molecule has 208 valence electrons. The summed E-state index contributed by atoms with van der Waals surface area (Å²) in [5.41, 5.74) is -0.308. The number of aryl methyl sites for hydroxylation is 2. The van der Waals surface area contributed by atoms with E-state index in [2.05, 4.69) is 5.10 Å². The number of halogens is 5. The maximum absolute atomic E-state index is 13.6. The first kappa shape index (κ1) is 28.9. The fraction of sp³-hybridized carbons (Fsp3) is 0.407. The van der Waals surface area contributed by atoms with Crippen LogP contribution in [0.5, 0.6) is 0 Å². The Hall–Kier alpha value is -3.11. The van der Waals surface area contributed by atoms with Crippen molar-refractivity contribution in [2.45, 2.75) is 52.3 Å². The molecule has 0 aliphatic carbocycles. The summed E-state index contributed by atoms with van der Waals surface area (Å²) in [7, 11) is 1.33. The summed E-state index contributed by atoms with van der Waals surface area (Å²) in [6.45, 7) is 5.21. The van der Waals surface area contributed by atoms with Gasteiger partial charge >= 0.3 is 12.1 Å². The van der Waals surface area contributed by atoms with Crippen LogP contribution < -0.4 is 0 Å². The number of piperidine rings is 1. The van der Waals surface area contributed by atoms with Crippen molar-refractivity contribution in [3.63, 3.8) is 0 Å². The molecule has 0 bridgehead atoms. The van der Waals surface area contributed by atoms with E-state index >= 15 is 0 Å². The van der Waals surface area contributed by atoms with E-state index in [-0.39, 0.29) is 67.7 Å². The Labute approximate surface area is 232 Å². The van der Waals surface area contributed by atoms with Crippen molar-refractivity contribution in [3.05, 3.63) is 62.3 Å². The van der Waals surface area contributed by atoms with Crippen molar-refractivity contribution in [3.8, 4) is 0 Å². The van der Waals surface area contributed by atoms with Gasteiger partial charge in [0.2, 0.25) is 0 Å². The third kappa shape index (κ3) is 5.49. The standard InChI is InChI=1S/C27H26Cl2F3N3O4/c1-13-9-17(27(30,31)32)12-19-15(3)35(33-24(13)19)26(38)22-20(28)6-5-18(23(22)29)25(37)34-8-7-16(10-14(34)2)11-21(36)39-4/h5-6,9,12,14,16H,7-8,10-11H2,1-4H3/t14-,16?/m0/s1. The largest absolute Gasteiger partial charge is 0.469 e. The molecule has 1 saturated heterocycles. The lowest BCUT2D eigenvalue weighted by atomic mass is 9.88. The molecule has 1 unspecified atom stereocenters. The molecule has 1 fully saturated rings. The monoisotopic (exact) mass is 583 g/mol. The van der Waals surface area contributed by atoms with Crippen LogP contribution in [0.15, 0.2) is 24.3 Å². The molecule has 7 nitrogen and oxygen atoms in total. The second-order valence-corrected chi connectivity index (χ2v) is 10.6. The predicted octanol–water partition coefficient (Wildman–Crippen LogP) is 6.47. The number of amides is 1. The lowest BCUT2D eigenvalue weighted by Crippen LogP contribution is -2.45. The number of aromatic nitrogens is 2. The number of benzene rings is 2. The van der Waals surface area contributed by atoms with Gasteiger partial charge < -0.3 is 9.64 Å². The highest BCUT2D eigenvalue weighted by Crippen LogP contribution is 2.36. The number of ether oxygens (including phenoxy) is 1. The van der Waals surface area contributed by atoms with Crippen LogP contribution in [0.4, 0.5) is 13.2 Å². The second-order valence-electron chi connectivity index (χ2n) is 9.79. The first-order valence-electron chi connectivity index (χ1n) is 12.2. The summed E-state index contributed by atoms with van der Waals surface area (Å²) >= 11 is 13.0. The molecule has 0 saturated carbocycles. The number of nitrogens with zero attached hydrogens (tertiary/aromatic N) is 3. The summed E-state index contributed by atoms with van der Waals surface area (Å²) in [5.74, 6) is -1.40. The minimum atomic E-state index is -4.57. The molecule has 2 heterocycles. The summed E-state index contributed by atoms with van der Waals surface area (Å²) in [4.78, 5) is 40.4. The molecule has 2 aromatic carbocycles. The number of likely N-dealkylation sites (tertiary alicyclic amines) is 1. The van der Waals surface area contributed by atoms with Gasteiger partial charge in [0.25, 0.3) is 11.8 Å². The van der Waals surface area contributed by atoms with Crippen LogP contribution in [0.25, 0.3) is 10.9 Å². The number of methoxy groups -OCH3 is 1. The minimum absolute atomic E-state index is 0.0296. The highest BCUT2D eigenvalue weighted by atomic mass is 35.5. The zero-order valence-electron chi connectivity index (χ0n) is 21.7. The van der Waals surface area contributed by atoms with Gasteiger partial charge in [-0.05, 0) is 69.4 Å². The Morgan fingerprint density at radius 2 is 1.82 bits per heavy atom. The Morgan fingerprint density at radius 1 is 1.13 bits per heavy atom. The molecule has 1 aliphatic rings. The van der Waals surface area contributed by atoms with E-state index in [9.17, 15) is 27.6 Å². The SMILES string of the molecule is COC(=O)CC1CCN(C(=O)c2ccc(Cl)c(C(=O)n3nc4c(C)cc(C(F)(F)F)cc4c3C)c2Cl)[C@@H](C)C1. The van der Waals surface area contributed by atoms with Gasteiger partial charge in [0.05, 0.1) is 45.1 Å². The number of rotatable bonds is 4. The summed E-state index contributed by atoms with van der Waals surface area (Å²) < 4.78 is 45.8. The highest BCUT2D eigenvalue weighted by molar-refractivity contribution is 6.41. The van der Waals surface area contributed by atoms with Crippen LogP contribution in [0, 0.1) is 19.8 Å². The molecule has 1 aliphatic heterocycles. The van der Waals surface area contributed by atoms with Crippen LogP contribution in [0.2, 0.25) is 10.0 Å². The number of alkyl halides is 3. The third-order valence-electron chi connectivity index (χ3n) is 7.19. The van der Waals surface area contributed by atoms with E-state index in [0.29, 0.717) is 19.4 Å². The van der Waals surface area contributed by atoms with E-state index < -0.39 is 23.6 Å². The van der Waals surface area contributed by atoms with E-state index in [1.54, 1.807) is 4.90 Å². The summed E-state index contributed by atoms with van der Waals surface area (Å²) in [5, 5.41) is 4.22. The fourth-order valence-electron chi connectivity index (χ4n) is 5.09. The highest BCUT2D eigenvalue weighted by Gasteiger charge is 2.34. The van der Waals surface area contributed by atoms with Gasteiger partial charge in [-0.15, -0.1) is 0 Å². The van der Waals surface area contributed by atoms with E-state index in [1.165, 1.54) is 33.1 Å². The van der Waals surface area contributed by atoms with E-state index in [1.807, 2.05) is 6.92 Å². The lowest BCUT2D eigenvalue weighted by Gasteiger charge is -2.37. The normalized spacial score (nSPS) is 17.9. The molecule has 0 radical (unpaired) electrons. The van der Waals surface area contributed by atoms with Crippen LogP contribution >= 0.6 is 23.2 Å². The van der Waals surface area contributed by atoms with Gasteiger partial charge in [-0.2, -0.15) is 23.0 Å². The summed E-state index contributed by atoms with van der Waals surface area (Å²) in [6.07, 6.45) is -3.11. The average molecular weight is 584 g/mol. The van der Waals surface area contributed by atoms with Crippen LogP contribution in [-0.4, -0.2) is 52.2 Å². The number of hydrogen-bond donors (Lipinski definition) is 0. The van der Waals surface area contributed by atoms with Crippen LogP contribution in [-0.2, 0) is 15.7 Å². The van der Waals surface area contributed by atoms with Crippen molar-refractivity contribution in [2.24, 2.45) is 5.92 Å². The molecule has 0 spiro atoms. The van der Waals surface area contributed by atoms with Gasteiger partial charge in [-0.1, -0.05) is 23.2 Å². The minimum Gasteiger partial charge on any atom is -0.469 e. The average Bonchev–Trinajstić information content (AvgIpc) is 3.20. The van der Waals surface area contributed by atoms with Crippen molar-refractivity contribution < 1.29 is 32.3 Å². The summed E-state index contributed by atoms with van der Waals surface area (Å²) in [6, 6.07) is 4.54. The van der Waals surface area contributed by atoms with Crippen LogP contribution in [0.1, 0.15) is 63.7 Å². The van der Waals surface area contributed by atoms with E-state index in [4.69, 9.17) is 27.9 Å². The second kappa shape index (κ2) is 10.8. The molecule has 1 amide bonds. The predicted molar refractivity (Wildman–Crippen MR) is 140 cm³/mol. The number of hydrogen-bond acceptors (Lipinski definition) is 5. The van der Waals surface area contributed by atoms with Crippen molar-refractivity contribution in [2.75, 3.05) is 13.7 Å². The van der Waals surface area contributed by atoms with Gasteiger partial charge in [-0.3, -0.25) is 14.4 Å². The molecule has 1 aromatic heterocycles. The van der Waals surface area contributed by atoms with Gasteiger partial charge in [0.1, 0.15) is 0 Å². The zero-order chi connectivity index (χ0) is 28.8. The Bertz CT molecular complexity index is 1490. The molecule has 12 heteroatoms. The topological polar surface area (TPSA) is 81.5 Å². The quantitative estimate of drug-likeness (QED) is 0.329. The van der Waals surface area contributed by atoms with Gasteiger partial charge in [0, 0.05) is 24.4 Å². The third-order valence-corrected chi connectivity index (χ3v) is 7.90. The first-order valence-corrected chi connectivity index (χ1v) is 13.0. The number of fused-ring (bicyclic) bond motifs is 1. The van der Waals surface area contributed by atoms with Crippen molar-refractivity contribution >= 4 is 51.9 Å². The van der Waals surface area contributed by atoms with Crippen molar-refractivity contribution in [1.82, 2.24) is 14.7 Å². The molecular weight excluding hydrogens is 558 g/mol. The molecule has 0 N–H and O–H groups in total. The number of esters is 1. The smallest absolute Gasteiger partial charge is 0.416 e.